The molecule has 1 N–H and O–H groups in total. The Hall–Kier alpha value is -3.40. The number of benzene rings is 2. The van der Waals surface area contributed by atoms with Crippen LogP contribution in [-0.4, -0.2) is 22.4 Å². The summed E-state index contributed by atoms with van der Waals surface area (Å²) in [5, 5.41) is 10.8. The number of hydrogen-bond acceptors (Lipinski definition) is 4. The van der Waals surface area contributed by atoms with Gasteiger partial charge in [-0.05, 0) is 42.7 Å². The molecule has 0 atom stereocenters. The van der Waals surface area contributed by atoms with Crippen molar-refractivity contribution in [3.8, 4) is 0 Å². The molecule has 3 aromatic rings. The molecular weight excluding hydrogens is 348 g/mol. The quantitative estimate of drug-likeness (QED) is 0.656. The molecule has 0 unspecified atom stereocenters. The molecule has 28 heavy (non-hydrogen) atoms. The number of fused-ring (bicyclic) bond motifs is 1. The molecule has 140 valence electrons. The number of anilines is 2. The number of aliphatic hydroxyl groups excluding tert-OH is 1. The minimum absolute atomic E-state index is 0.0103. The molecule has 0 saturated heterocycles. The highest BCUT2D eigenvalue weighted by atomic mass is 16.3. The van der Waals surface area contributed by atoms with E-state index in [1.54, 1.807) is 12.3 Å². The van der Waals surface area contributed by atoms with Crippen LogP contribution in [0.15, 0.2) is 84.6 Å². The zero-order valence-corrected chi connectivity index (χ0v) is 15.6. The number of aryl methyl sites for hydroxylation is 1. The minimum atomic E-state index is -0.0103. The minimum Gasteiger partial charge on any atom is -0.507 e. The highest BCUT2D eigenvalue weighted by Crippen LogP contribution is 2.36. The molecule has 1 aliphatic rings. The van der Waals surface area contributed by atoms with Crippen LogP contribution in [-0.2, 0) is 11.2 Å². The number of carbonyl (C=O) groups is 1. The Morgan fingerprint density at radius 3 is 2.43 bits per heavy atom. The summed E-state index contributed by atoms with van der Waals surface area (Å²) in [6.07, 6.45) is 3.72. The second kappa shape index (κ2) is 8.09. The molecule has 0 aliphatic carbocycles. The Morgan fingerprint density at radius 1 is 0.964 bits per heavy atom. The lowest BCUT2D eigenvalue weighted by Gasteiger charge is -2.31. The van der Waals surface area contributed by atoms with Gasteiger partial charge in [-0.15, -0.1) is 0 Å². The van der Waals surface area contributed by atoms with Gasteiger partial charge >= 0.3 is 0 Å². The van der Waals surface area contributed by atoms with E-state index in [1.807, 2.05) is 59.5 Å². The average Bonchev–Trinajstić information content (AvgIpc) is 2.75. The molecule has 4 nitrogen and oxygen atoms in total. The van der Waals surface area contributed by atoms with E-state index in [2.05, 4.69) is 17.1 Å². The van der Waals surface area contributed by atoms with Gasteiger partial charge in [-0.3, -0.25) is 4.79 Å². The van der Waals surface area contributed by atoms with E-state index in [9.17, 15) is 9.90 Å². The van der Waals surface area contributed by atoms with E-state index in [1.165, 1.54) is 5.56 Å². The van der Waals surface area contributed by atoms with Gasteiger partial charge in [0.05, 0.1) is 17.7 Å². The fourth-order valence-electron chi connectivity index (χ4n) is 3.56. The predicted molar refractivity (Wildman–Crippen MR) is 112 cm³/mol. The Balaban J connectivity index is 1.57. The highest BCUT2D eigenvalue weighted by Gasteiger charge is 2.29. The Bertz CT molecular complexity index is 997. The first-order valence-electron chi connectivity index (χ1n) is 9.51. The molecule has 0 amide bonds. The number of hydrogen-bond donors (Lipinski definition) is 1. The molecule has 1 aliphatic heterocycles. The van der Waals surface area contributed by atoms with Gasteiger partial charge in [-0.25, -0.2) is 4.98 Å². The van der Waals surface area contributed by atoms with Gasteiger partial charge in [0.25, 0.3) is 0 Å². The van der Waals surface area contributed by atoms with E-state index in [-0.39, 0.29) is 11.5 Å². The second-order valence-corrected chi connectivity index (χ2v) is 6.89. The monoisotopic (exact) mass is 370 g/mol. The van der Waals surface area contributed by atoms with Crippen LogP contribution in [0.25, 0.3) is 5.76 Å². The van der Waals surface area contributed by atoms with Crippen LogP contribution in [0.5, 0.6) is 0 Å². The van der Waals surface area contributed by atoms with Crippen molar-refractivity contribution in [3.63, 3.8) is 0 Å². The number of aliphatic hydroxyl groups is 1. The molecule has 0 spiro atoms. The third-order valence-corrected chi connectivity index (χ3v) is 5.02. The largest absolute Gasteiger partial charge is 0.507 e. The fourth-order valence-corrected chi connectivity index (χ4v) is 3.56. The molecule has 0 bridgehead atoms. The Labute approximate surface area is 164 Å². The van der Waals surface area contributed by atoms with Crippen LogP contribution < -0.4 is 4.90 Å². The summed E-state index contributed by atoms with van der Waals surface area (Å²) in [6, 6.07) is 23.6. The van der Waals surface area contributed by atoms with Crippen LogP contribution in [0.4, 0.5) is 11.5 Å². The molecule has 2 heterocycles. The van der Waals surface area contributed by atoms with Crippen LogP contribution in [0.1, 0.15) is 24.0 Å². The third-order valence-electron chi connectivity index (χ3n) is 5.02. The maximum Gasteiger partial charge on any atom is 0.164 e. The zero-order chi connectivity index (χ0) is 19.3. The van der Waals surface area contributed by atoms with Crippen molar-refractivity contribution >= 4 is 23.0 Å². The first-order valence-corrected chi connectivity index (χ1v) is 9.51. The van der Waals surface area contributed by atoms with Crippen LogP contribution >= 0.6 is 0 Å². The lowest BCUT2D eigenvalue weighted by molar-refractivity contribution is -0.115. The van der Waals surface area contributed by atoms with Crippen molar-refractivity contribution < 1.29 is 9.90 Å². The molecule has 4 rings (SSSR count). The maximum atomic E-state index is 12.9. The van der Waals surface area contributed by atoms with Gasteiger partial charge in [0, 0.05) is 18.3 Å². The number of nitrogens with zero attached hydrogens (tertiary/aromatic N) is 2. The summed E-state index contributed by atoms with van der Waals surface area (Å²) in [6.45, 7) is 0.323. The highest BCUT2D eigenvalue weighted by molar-refractivity contribution is 6.04. The summed E-state index contributed by atoms with van der Waals surface area (Å²) in [7, 11) is 0. The molecule has 0 saturated carbocycles. The first-order chi connectivity index (χ1) is 13.7. The third kappa shape index (κ3) is 3.67. The lowest BCUT2D eigenvalue weighted by atomic mass is 9.96. The van der Waals surface area contributed by atoms with Crippen molar-refractivity contribution in [2.24, 2.45) is 0 Å². The van der Waals surface area contributed by atoms with Crippen molar-refractivity contribution in [2.45, 2.75) is 19.3 Å². The van der Waals surface area contributed by atoms with Gasteiger partial charge in [-0.2, -0.15) is 0 Å². The zero-order valence-electron chi connectivity index (χ0n) is 15.6. The smallest absolute Gasteiger partial charge is 0.164 e. The first kappa shape index (κ1) is 18.0. The molecule has 0 fully saturated rings. The summed E-state index contributed by atoms with van der Waals surface area (Å²) in [4.78, 5) is 19.3. The molecular formula is C24H22N2O2. The Morgan fingerprint density at radius 2 is 1.68 bits per heavy atom. The van der Waals surface area contributed by atoms with Gasteiger partial charge in [0.1, 0.15) is 11.6 Å². The number of ketones is 1. The molecule has 4 heteroatoms. The van der Waals surface area contributed by atoms with Crippen molar-refractivity contribution in [3.05, 3.63) is 95.7 Å². The fraction of sp³-hybridized carbons (Fsp3) is 0.167. The van der Waals surface area contributed by atoms with Crippen molar-refractivity contribution in [1.82, 2.24) is 4.98 Å². The topological polar surface area (TPSA) is 53.4 Å². The van der Waals surface area contributed by atoms with E-state index in [0.29, 0.717) is 29.9 Å². The van der Waals surface area contributed by atoms with Crippen LogP contribution in [0, 0.1) is 0 Å². The number of rotatable bonds is 6. The van der Waals surface area contributed by atoms with Gasteiger partial charge < -0.3 is 10.0 Å². The number of pyridine rings is 1. The Kier molecular flexibility index (Phi) is 5.20. The summed E-state index contributed by atoms with van der Waals surface area (Å²) in [5.41, 5.74) is 3.23. The summed E-state index contributed by atoms with van der Waals surface area (Å²) >= 11 is 0. The van der Waals surface area contributed by atoms with Gasteiger partial charge in [-0.1, -0.05) is 48.5 Å². The normalized spacial score (nSPS) is 13.4. The summed E-state index contributed by atoms with van der Waals surface area (Å²) in [5.74, 6) is 0.718. The van der Waals surface area contributed by atoms with E-state index in [0.717, 1.165) is 18.5 Å². The lowest BCUT2D eigenvalue weighted by Crippen LogP contribution is -2.29. The number of aromatic nitrogens is 1. The summed E-state index contributed by atoms with van der Waals surface area (Å²) < 4.78 is 0. The van der Waals surface area contributed by atoms with Crippen molar-refractivity contribution in [2.75, 3.05) is 11.4 Å². The maximum absolute atomic E-state index is 12.9. The van der Waals surface area contributed by atoms with E-state index >= 15 is 0 Å². The molecule has 1 aromatic heterocycles. The number of Topliss-reactive ketones (excluding diaryl/α,β-unsaturated/α-hetero) is 1. The number of para-hydroxylation sites is 1. The number of carbonyl (C=O) groups excluding carboxylic acids is 1. The molecule has 2 aromatic carbocycles. The average molecular weight is 370 g/mol. The van der Waals surface area contributed by atoms with Gasteiger partial charge in [0.15, 0.2) is 5.78 Å². The predicted octanol–water partition coefficient (Wildman–Crippen LogP) is 5.09. The van der Waals surface area contributed by atoms with Crippen LogP contribution in [0.2, 0.25) is 0 Å². The SMILES string of the molecule is O=C(CCCc1ccccc1)C1=C(O)c2cccnc2N(c2ccccc2)C1. The van der Waals surface area contributed by atoms with E-state index in [4.69, 9.17) is 0 Å². The second-order valence-electron chi connectivity index (χ2n) is 6.89. The van der Waals surface area contributed by atoms with E-state index < -0.39 is 0 Å². The molecule has 0 radical (unpaired) electrons. The van der Waals surface area contributed by atoms with Crippen molar-refractivity contribution in [1.29, 1.82) is 0 Å². The standard InChI is InChI=1S/C24H22N2O2/c27-22(15-7-11-18-9-3-1-4-10-18)21-17-26(19-12-5-2-6-13-19)24-20(23(21)28)14-8-16-25-24/h1-6,8-10,12-14,16,28H,7,11,15,17H2. The van der Waals surface area contributed by atoms with Gasteiger partial charge in [0.2, 0.25) is 0 Å². The van der Waals surface area contributed by atoms with Crippen LogP contribution in [0.3, 0.4) is 0 Å².